The Bertz CT molecular complexity index is 1270. The van der Waals surface area contributed by atoms with Gasteiger partial charge in [0, 0.05) is 5.56 Å². The maximum absolute atomic E-state index is 13.6. The summed E-state index contributed by atoms with van der Waals surface area (Å²) in [5.41, 5.74) is 1.97. The van der Waals surface area contributed by atoms with E-state index in [1.807, 2.05) is 60.7 Å². The highest BCUT2D eigenvalue weighted by Gasteiger charge is 2.68. The van der Waals surface area contributed by atoms with Crippen molar-refractivity contribution in [2.75, 3.05) is 0 Å². The molecule has 5 rings (SSSR count). The molecule has 184 valence electrons. The standard InChI is InChI=1S/C28H26N2O5S/c1-28(2)23(27(33)35-22(18-12-6-3-7-13-18)19-14-8-4-9-15-19)30-25(32)21(26(30)36(28)34)29-24(31)20-16-10-5-11-17-20/h3-17,21-23,26H,1-2H3,(H,29,31). The third-order valence-electron chi connectivity index (χ3n) is 6.74. The van der Waals surface area contributed by atoms with Crippen molar-refractivity contribution in [1.29, 1.82) is 0 Å². The number of benzene rings is 3. The summed E-state index contributed by atoms with van der Waals surface area (Å²) in [6.07, 6.45) is -0.687. The Morgan fingerprint density at radius 3 is 1.92 bits per heavy atom. The summed E-state index contributed by atoms with van der Waals surface area (Å²) in [6.45, 7) is 3.38. The highest BCUT2D eigenvalue weighted by Crippen LogP contribution is 2.44. The van der Waals surface area contributed by atoms with Crippen LogP contribution in [0.5, 0.6) is 0 Å². The Morgan fingerprint density at radius 2 is 1.39 bits per heavy atom. The van der Waals surface area contributed by atoms with Gasteiger partial charge in [0.15, 0.2) is 6.10 Å². The maximum Gasteiger partial charge on any atom is 0.331 e. The van der Waals surface area contributed by atoms with Gasteiger partial charge in [-0.05, 0) is 37.1 Å². The minimum absolute atomic E-state index is 0.399. The Kier molecular flexibility index (Phi) is 6.22. The molecule has 2 fully saturated rings. The maximum atomic E-state index is 13.6. The molecule has 3 aromatic carbocycles. The van der Waals surface area contributed by atoms with E-state index >= 15 is 0 Å². The molecule has 36 heavy (non-hydrogen) atoms. The summed E-state index contributed by atoms with van der Waals surface area (Å²) in [6, 6.07) is 25.2. The Hall–Kier alpha value is -3.78. The van der Waals surface area contributed by atoms with Gasteiger partial charge < -0.3 is 15.0 Å². The van der Waals surface area contributed by atoms with E-state index in [9.17, 15) is 18.6 Å². The molecule has 0 saturated carbocycles. The molecule has 2 aliphatic rings. The van der Waals surface area contributed by atoms with Crippen molar-refractivity contribution in [3.63, 3.8) is 0 Å². The topological polar surface area (TPSA) is 92.8 Å². The number of amides is 2. The van der Waals surface area contributed by atoms with Crippen molar-refractivity contribution in [3.05, 3.63) is 108 Å². The molecule has 4 atom stereocenters. The number of nitrogens with zero attached hydrogens (tertiary/aromatic N) is 1. The van der Waals surface area contributed by atoms with Gasteiger partial charge >= 0.3 is 5.97 Å². The summed E-state index contributed by atoms with van der Waals surface area (Å²) in [7, 11) is -1.61. The zero-order chi connectivity index (χ0) is 25.4. The molecule has 3 aromatic rings. The molecule has 0 aromatic heterocycles. The van der Waals surface area contributed by atoms with Crippen LogP contribution >= 0.6 is 0 Å². The van der Waals surface area contributed by atoms with Gasteiger partial charge in [0.2, 0.25) is 5.91 Å². The summed E-state index contributed by atoms with van der Waals surface area (Å²) in [4.78, 5) is 40.7. The van der Waals surface area contributed by atoms with E-state index in [1.54, 1.807) is 44.2 Å². The van der Waals surface area contributed by atoms with E-state index in [0.717, 1.165) is 11.1 Å². The average Bonchev–Trinajstić information content (AvgIpc) is 3.10. The second-order valence-electron chi connectivity index (χ2n) is 9.39. The SMILES string of the molecule is CC1(C)C(C(=O)OC(c2ccccc2)c2ccccc2)N2C(=O)C(NC(=O)c3ccccc3)C2S1=O. The van der Waals surface area contributed by atoms with Gasteiger partial charge in [0.25, 0.3) is 5.91 Å². The van der Waals surface area contributed by atoms with Crippen LogP contribution in [0.15, 0.2) is 91.0 Å². The second kappa shape index (κ2) is 9.35. The molecule has 0 aliphatic carbocycles. The van der Waals surface area contributed by atoms with Crippen LogP contribution in [0.1, 0.15) is 41.4 Å². The van der Waals surface area contributed by atoms with Gasteiger partial charge in [-0.15, -0.1) is 0 Å². The van der Waals surface area contributed by atoms with E-state index in [2.05, 4.69) is 5.32 Å². The minimum atomic E-state index is -1.61. The van der Waals surface area contributed by atoms with Gasteiger partial charge in [-0.2, -0.15) is 0 Å². The van der Waals surface area contributed by atoms with Gasteiger partial charge in [-0.25, -0.2) is 4.79 Å². The number of hydrogen-bond donors (Lipinski definition) is 1. The molecule has 4 unspecified atom stereocenters. The van der Waals surface area contributed by atoms with Crippen LogP contribution in [-0.2, 0) is 25.1 Å². The first-order chi connectivity index (χ1) is 17.3. The van der Waals surface area contributed by atoms with E-state index in [0.29, 0.717) is 5.56 Å². The number of hydrogen-bond acceptors (Lipinski definition) is 5. The summed E-state index contributed by atoms with van der Waals surface area (Å²) in [5.74, 6) is -1.50. The molecule has 2 aliphatic heterocycles. The number of ether oxygens (including phenoxy) is 1. The lowest BCUT2D eigenvalue weighted by Crippen LogP contribution is -2.71. The number of nitrogens with one attached hydrogen (secondary N) is 1. The number of fused-ring (bicyclic) bond motifs is 1. The third kappa shape index (κ3) is 4.01. The smallest absolute Gasteiger partial charge is 0.331 e. The van der Waals surface area contributed by atoms with Gasteiger partial charge in [0.05, 0.1) is 15.5 Å². The highest BCUT2D eigenvalue weighted by molar-refractivity contribution is 7.87. The minimum Gasteiger partial charge on any atom is -0.451 e. The number of carbonyl (C=O) groups is 3. The average molecular weight is 503 g/mol. The van der Waals surface area contributed by atoms with Crippen molar-refractivity contribution in [3.8, 4) is 0 Å². The van der Waals surface area contributed by atoms with Crippen molar-refractivity contribution in [1.82, 2.24) is 10.2 Å². The van der Waals surface area contributed by atoms with Crippen LogP contribution in [0.4, 0.5) is 0 Å². The van der Waals surface area contributed by atoms with Crippen molar-refractivity contribution < 1.29 is 23.3 Å². The second-order valence-corrected chi connectivity index (χ2v) is 11.5. The van der Waals surface area contributed by atoms with Crippen molar-refractivity contribution >= 4 is 28.6 Å². The molecule has 0 spiro atoms. The molecule has 1 N–H and O–H groups in total. The molecular formula is C28H26N2O5S. The lowest BCUT2D eigenvalue weighted by molar-refractivity contribution is -0.166. The largest absolute Gasteiger partial charge is 0.451 e. The van der Waals surface area contributed by atoms with E-state index in [1.165, 1.54) is 4.90 Å². The van der Waals surface area contributed by atoms with Gasteiger partial charge in [0.1, 0.15) is 17.5 Å². The van der Waals surface area contributed by atoms with E-state index < -0.39 is 56.9 Å². The fourth-order valence-electron chi connectivity index (χ4n) is 4.85. The van der Waals surface area contributed by atoms with Crippen LogP contribution < -0.4 is 5.32 Å². The molecule has 0 bridgehead atoms. The van der Waals surface area contributed by atoms with Gasteiger partial charge in [-0.3, -0.25) is 13.8 Å². The number of carbonyl (C=O) groups excluding carboxylic acids is 3. The van der Waals surface area contributed by atoms with E-state index in [4.69, 9.17) is 4.74 Å². The lowest BCUT2D eigenvalue weighted by Gasteiger charge is -2.43. The quantitative estimate of drug-likeness (QED) is 0.413. The number of rotatable bonds is 6. The summed E-state index contributed by atoms with van der Waals surface area (Å²) < 4.78 is 18.4. The lowest BCUT2D eigenvalue weighted by atomic mass is 9.95. The Balaban J connectivity index is 1.39. The van der Waals surface area contributed by atoms with Crippen LogP contribution in [0.2, 0.25) is 0 Å². The first kappa shape index (κ1) is 23.9. The molecule has 2 saturated heterocycles. The molecule has 0 radical (unpaired) electrons. The van der Waals surface area contributed by atoms with Crippen LogP contribution in [0.3, 0.4) is 0 Å². The normalized spacial score (nSPS) is 24.1. The zero-order valence-corrected chi connectivity index (χ0v) is 20.7. The van der Waals surface area contributed by atoms with E-state index in [-0.39, 0.29) is 0 Å². The predicted molar refractivity (Wildman–Crippen MR) is 135 cm³/mol. The van der Waals surface area contributed by atoms with Gasteiger partial charge in [-0.1, -0.05) is 78.9 Å². The van der Waals surface area contributed by atoms with Crippen molar-refractivity contribution in [2.45, 2.75) is 42.2 Å². The number of β-lactam (4-membered cyclic amide) rings is 1. The van der Waals surface area contributed by atoms with Crippen LogP contribution in [-0.4, -0.2) is 49.1 Å². The van der Waals surface area contributed by atoms with Crippen LogP contribution in [0.25, 0.3) is 0 Å². The first-order valence-corrected chi connectivity index (χ1v) is 12.9. The fraction of sp³-hybridized carbons (Fsp3) is 0.250. The molecule has 7 nitrogen and oxygen atoms in total. The van der Waals surface area contributed by atoms with Crippen LogP contribution in [0, 0.1) is 0 Å². The van der Waals surface area contributed by atoms with Crippen molar-refractivity contribution in [2.24, 2.45) is 0 Å². The summed E-state index contributed by atoms with van der Waals surface area (Å²) in [5, 5.41) is 1.90. The number of esters is 1. The fourth-order valence-corrected chi connectivity index (χ4v) is 6.77. The zero-order valence-electron chi connectivity index (χ0n) is 19.9. The predicted octanol–water partition coefficient (Wildman–Crippen LogP) is 3.20. The Labute approximate surface area is 211 Å². The Morgan fingerprint density at radius 1 is 0.889 bits per heavy atom. The molecule has 8 heteroatoms. The molecular weight excluding hydrogens is 476 g/mol. The highest BCUT2D eigenvalue weighted by atomic mass is 32.2. The molecule has 2 heterocycles. The first-order valence-electron chi connectivity index (χ1n) is 11.7. The summed E-state index contributed by atoms with van der Waals surface area (Å²) >= 11 is 0. The third-order valence-corrected chi connectivity index (χ3v) is 8.94. The molecule has 2 amide bonds. The monoisotopic (exact) mass is 502 g/mol.